The summed E-state index contributed by atoms with van der Waals surface area (Å²) in [5.41, 5.74) is 5.99. The summed E-state index contributed by atoms with van der Waals surface area (Å²) in [6, 6.07) is 2.50. The predicted molar refractivity (Wildman–Crippen MR) is 63.1 cm³/mol. The second-order valence-corrected chi connectivity index (χ2v) is 5.32. The highest BCUT2D eigenvalue weighted by atomic mass is 79.9. The van der Waals surface area contributed by atoms with Crippen molar-refractivity contribution in [2.24, 2.45) is 11.7 Å². The van der Waals surface area contributed by atoms with Crippen LogP contribution in [0.4, 0.5) is 8.78 Å². The Morgan fingerprint density at radius 3 is 2.69 bits per heavy atom. The first-order chi connectivity index (χ1) is 7.58. The van der Waals surface area contributed by atoms with E-state index in [1.807, 2.05) is 0 Å². The molecule has 1 nitrogen and oxygen atoms in total. The molecule has 0 aromatic heterocycles. The molecule has 1 aliphatic carbocycles. The quantitative estimate of drug-likeness (QED) is 0.845. The van der Waals surface area contributed by atoms with E-state index in [1.54, 1.807) is 0 Å². The minimum Gasteiger partial charge on any atom is -0.327 e. The molecule has 1 aromatic carbocycles. The van der Waals surface area contributed by atoms with Crippen LogP contribution >= 0.6 is 15.9 Å². The molecule has 0 saturated heterocycles. The number of hydrogen-bond donors (Lipinski definition) is 1. The van der Waals surface area contributed by atoms with Gasteiger partial charge in [0, 0.05) is 11.6 Å². The molecule has 1 aliphatic rings. The average molecular weight is 290 g/mol. The van der Waals surface area contributed by atoms with Gasteiger partial charge >= 0.3 is 0 Å². The van der Waals surface area contributed by atoms with Crippen LogP contribution in [0.3, 0.4) is 0 Å². The monoisotopic (exact) mass is 289 g/mol. The van der Waals surface area contributed by atoms with E-state index in [0.29, 0.717) is 10.4 Å². The lowest BCUT2D eigenvalue weighted by Crippen LogP contribution is -2.24. The van der Waals surface area contributed by atoms with Gasteiger partial charge < -0.3 is 5.73 Å². The van der Waals surface area contributed by atoms with Crippen LogP contribution in [0.1, 0.15) is 24.8 Å². The first-order valence-corrected chi connectivity index (χ1v) is 6.25. The summed E-state index contributed by atoms with van der Waals surface area (Å²) in [4.78, 5) is 0. The van der Waals surface area contributed by atoms with Gasteiger partial charge in [-0.2, -0.15) is 0 Å². The minimum atomic E-state index is -0.522. The molecule has 2 N–H and O–H groups in total. The molecule has 0 amide bonds. The summed E-state index contributed by atoms with van der Waals surface area (Å²) in [5, 5.41) is 0. The van der Waals surface area contributed by atoms with Crippen LogP contribution in [0.2, 0.25) is 0 Å². The van der Waals surface area contributed by atoms with Gasteiger partial charge in [0.2, 0.25) is 0 Å². The average Bonchev–Trinajstić information content (AvgIpc) is 3.02. The van der Waals surface area contributed by atoms with Gasteiger partial charge in [-0.3, -0.25) is 0 Å². The van der Waals surface area contributed by atoms with Gasteiger partial charge in [-0.1, -0.05) is 12.8 Å². The SMILES string of the molecule is NC(Cc1c(F)ccc(Br)c1F)CC1CC1. The van der Waals surface area contributed by atoms with Gasteiger partial charge in [0.25, 0.3) is 0 Å². The van der Waals surface area contributed by atoms with Gasteiger partial charge in [0.1, 0.15) is 11.6 Å². The van der Waals surface area contributed by atoms with E-state index in [4.69, 9.17) is 5.73 Å². The molecular weight excluding hydrogens is 276 g/mol. The van der Waals surface area contributed by atoms with E-state index in [9.17, 15) is 8.78 Å². The molecule has 0 aliphatic heterocycles. The normalized spacial score (nSPS) is 17.5. The molecule has 0 bridgehead atoms. The van der Waals surface area contributed by atoms with Crippen molar-refractivity contribution in [2.45, 2.75) is 31.7 Å². The molecule has 1 fully saturated rings. The highest BCUT2D eigenvalue weighted by Gasteiger charge is 2.25. The lowest BCUT2D eigenvalue weighted by Gasteiger charge is -2.12. The van der Waals surface area contributed by atoms with Crippen LogP contribution < -0.4 is 5.73 Å². The van der Waals surface area contributed by atoms with Crippen molar-refractivity contribution in [3.8, 4) is 0 Å². The highest BCUT2D eigenvalue weighted by molar-refractivity contribution is 9.10. The van der Waals surface area contributed by atoms with E-state index in [2.05, 4.69) is 15.9 Å². The van der Waals surface area contributed by atoms with Crippen LogP contribution in [-0.4, -0.2) is 6.04 Å². The van der Waals surface area contributed by atoms with Crippen molar-refractivity contribution in [3.63, 3.8) is 0 Å². The fourth-order valence-electron chi connectivity index (χ4n) is 1.88. The summed E-state index contributed by atoms with van der Waals surface area (Å²) >= 11 is 3.05. The molecule has 88 valence electrons. The van der Waals surface area contributed by atoms with E-state index < -0.39 is 11.6 Å². The van der Waals surface area contributed by atoms with E-state index in [1.165, 1.54) is 25.0 Å². The van der Waals surface area contributed by atoms with Gasteiger partial charge in [0.05, 0.1) is 4.47 Å². The molecule has 4 heteroatoms. The third-order valence-electron chi connectivity index (χ3n) is 2.94. The van der Waals surface area contributed by atoms with Gasteiger partial charge in [-0.05, 0) is 46.8 Å². The topological polar surface area (TPSA) is 26.0 Å². The fourth-order valence-corrected chi connectivity index (χ4v) is 2.25. The van der Waals surface area contributed by atoms with E-state index in [-0.39, 0.29) is 18.0 Å². The maximum absolute atomic E-state index is 13.6. The maximum atomic E-state index is 13.6. The van der Waals surface area contributed by atoms with Crippen LogP contribution in [-0.2, 0) is 6.42 Å². The molecule has 1 aromatic rings. The summed E-state index contributed by atoms with van der Waals surface area (Å²) in [6.45, 7) is 0. The largest absolute Gasteiger partial charge is 0.327 e. The van der Waals surface area contributed by atoms with Crippen molar-refractivity contribution in [2.75, 3.05) is 0 Å². The molecule has 1 atom stereocenters. The first-order valence-electron chi connectivity index (χ1n) is 5.46. The van der Waals surface area contributed by atoms with E-state index >= 15 is 0 Å². The minimum absolute atomic E-state index is 0.0996. The lowest BCUT2D eigenvalue weighted by molar-refractivity contribution is 0.508. The Morgan fingerprint density at radius 2 is 2.06 bits per heavy atom. The fraction of sp³-hybridized carbons (Fsp3) is 0.500. The third kappa shape index (κ3) is 2.80. The number of halogens is 3. The highest BCUT2D eigenvalue weighted by Crippen LogP contribution is 2.34. The zero-order chi connectivity index (χ0) is 11.7. The predicted octanol–water partition coefficient (Wildman–Crippen LogP) is 3.40. The molecule has 0 spiro atoms. The Morgan fingerprint density at radius 1 is 1.38 bits per heavy atom. The van der Waals surface area contributed by atoms with Crippen molar-refractivity contribution in [1.29, 1.82) is 0 Å². The Kier molecular flexibility index (Phi) is 3.60. The first kappa shape index (κ1) is 12.0. The second kappa shape index (κ2) is 4.80. The number of benzene rings is 1. The Bertz CT molecular complexity index is 391. The van der Waals surface area contributed by atoms with Crippen molar-refractivity contribution in [3.05, 3.63) is 33.8 Å². The maximum Gasteiger partial charge on any atom is 0.143 e. The molecule has 0 radical (unpaired) electrons. The van der Waals surface area contributed by atoms with Crippen molar-refractivity contribution < 1.29 is 8.78 Å². The molecule has 1 unspecified atom stereocenters. The standard InChI is InChI=1S/C12H14BrF2N/c13-10-3-4-11(14)9(12(10)15)6-8(16)5-7-1-2-7/h3-4,7-8H,1-2,5-6,16H2. The van der Waals surface area contributed by atoms with E-state index in [0.717, 1.165) is 6.42 Å². The Balaban J connectivity index is 2.09. The zero-order valence-corrected chi connectivity index (χ0v) is 10.4. The number of hydrogen-bond acceptors (Lipinski definition) is 1. The molecule has 1 saturated carbocycles. The molecule has 0 heterocycles. The Labute approximate surface area is 102 Å². The van der Waals surface area contributed by atoms with Crippen LogP contribution in [0.15, 0.2) is 16.6 Å². The number of rotatable bonds is 4. The summed E-state index contributed by atoms with van der Waals surface area (Å²) in [5.74, 6) is -0.355. The van der Waals surface area contributed by atoms with Crippen LogP contribution in [0, 0.1) is 17.6 Å². The van der Waals surface area contributed by atoms with Crippen LogP contribution in [0.5, 0.6) is 0 Å². The second-order valence-electron chi connectivity index (χ2n) is 4.47. The number of nitrogens with two attached hydrogens (primary N) is 1. The molecule has 2 rings (SSSR count). The van der Waals surface area contributed by atoms with Gasteiger partial charge in [0.15, 0.2) is 0 Å². The van der Waals surface area contributed by atoms with Crippen LogP contribution in [0.25, 0.3) is 0 Å². The smallest absolute Gasteiger partial charge is 0.143 e. The van der Waals surface area contributed by atoms with Gasteiger partial charge in [-0.25, -0.2) is 8.78 Å². The lowest BCUT2D eigenvalue weighted by atomic mass is 10.0. The zero-order valence-electron chi connectivity index (χ0n) is 8.85. The molecular formula is C12H14BrF2N. The molecule has 16 heavy (non-hydrogen) atoms. The summed E-state index contributed by atoms with van der Waals surface area (Å²) < 4.78 is 27.4. The summed E-state index contributed by atoms with van der Waals surface area (Å²) in [7, 11) is 0. The third-order valence-corrected chi connectivity index (χ3v) is 3.55. The Hall–Kier alpha value is -0.480. The van der Waals surface area contributed by atoms with Gasteiger partial charge in [-0.15, -0.1) is 0 Å². The van der Waals surface area contributed by atoms with Crippen molar-refractivity contribution in [1.82, 2.24) is 0 Å². The van der Waals surface area contributed by atoms with Crippen molar-refractivity contribution >= 4 is 15.9 Å². The summed E-state index contributed by atoms with van der Waals surface area (Å²) in [6.07, 6.45) is 3.55.